The Kier molecular flexibility index (Phi) is 4.14. The van der Waals surface area contributed by atoms with E-state index >= 15 is 0 Å². The van der Waals surface area contributed by atoms with Gasteiger partial charge in [-0.2, -0.15) is 4.31 Å². The van der Waals surface area contributed by atoms with Crippen molar-refractivity contribution in [2.24, 2.45) is 11.8 Å². The summed E-state index contributed by atoms with van der Waals surface area (Å²) in [6.07, 6.45) is 8.07. The molecular weight excluding hydrogens is 288 g/mol. The number of pyridine rings is 1. The lowest BCUT2D eigenvalue weighted by molar-refractivity contribution is 0.129. The molecular formula is C14H22N4O2S. The maximum atomic E-state index is 12.9. The largest absolute Gasteiger partial charge is 0.308 e. The van der Waals surface area contributed by atoms with Crippen molar-refractivity contribution in [1.82, 2.24) is 9.29 Å². The van der Waals surface area contributed by atoms with Gasteiger partial charge in [-0.25, -0.2) is 19.2 Å². The van der Waals surface area contributed by atoms with Crippen LogP contribution < -0.4 is 11.3 Å². The molecule has 1 saturated carbocycles. The highest BCUT2D eigenvalue weighted by Crippen LogP contribution is 2.38. The topological polar surface area (TPSA) is 88.3 Å². The van der Waals surface area contributed by atoms with Crippen molar-refractivity contribution in [3.63, 3.8) is 0 Å². The molecule has 0 bridgehead atoms. The monoisotopic (exact) mass is 310 g/mol. The standard InChI is InChI=1S/C14H22N4O2S/c15-17-14-10-12(7-8-16-14)21(19,20)18-9-3-5-11-4-1-2-6-13(11)18/h7-8,10-11,13H,1-6,9,15H2,(H,16,17). The minimum atomic E-state index is -3.47. The van der Waals surface area contributed by atoms with Gasteiger partial charge in [0.25, 0.3) is 0 Å². The van der Waals surface area contributed by atoms with Gasteiger partial charge in [-0.05, 0) is 37.7 Å². The van der Waals surface area contributed by atoms with E-state index in [0.717, 1.165) is 32.1 Å². The third kappa shape index (κ3) is 2.77. The number of anilines is 1. The van der Waals surface area contributed by atoms with Crippen LogP contribution in [0, 0.1) is 5.92 Å². The lowest BCUT2D eigenvalue weighted by atomic mass is 9.79. The van der Waals surface area contributed by atoms with Crippen LogP contribution in [0.15, 0.2) is 23.2 Å². The number of aromatic nitrogens is 1. The highest BCUT2D eigenvalue weighted by molar-refractivity contribution is 7.89. The lowest BCUT2D eigenvalue weighted by Gasteiger charge is -2.43. The molecule has 2 heterocycles. The second-order valence-corrected chi connectivity index (χ2v) is 7.78. The molecule has 3 N–H and O–H groups in total. The number of rotatable bonds is 3. The Hall–Kier alpha value is -1.18. The Morgan fingerprint density at radius 3 is 2.81 bits per heavy atom. The van der Waals surface area contributed by atoms with Gasteiger partial charge in [0.1, 0.15) is 5.82 Å². The van der Waals surface area contributed by atoms with Crippen LogP contribution in [-0.2, 0) is 10.0 Å². The first-order chi connectivity index (χ1) is 10.1. The fourth-order valence-electron chi connectivity index (χ4n) is 3.66. The molecule has 1 aromatic heterocycles. The van der Waals surface area contributed by atoms with Gasteiger partial charge in [0.2, 0.25) is 10.0 Å². The Balaban J connectivity index is 1.92. The normalized spacial score (nSPS) is 27.1. The minimum Gasteiger partial charge on any atom is -0.308 e. The van der Waals surface area contributed by atoms with Crippen LogP contribution in [0.25, 0.3) is 0 Å². The predicted octanol–water partition coefficient (Wildman–Crippen LogP) is 1.71. The third-order valence-corrected chi connectivity index (χ3v) is 6.60. The summed E-state index contributed by atoms with van der Waals surface area (Å²) in [4.78, 5) is 4.25. The van der Waals surface area contributed by atoms with Crippen molar-refractivity contribution >= 4 is 15.8 Å². The molecule has 1 aromatic rings. The van der Waals surface area contributed by atoms with Crippen LogP contribution in [0.2, 0.25) is 0 Å². The fourth-order valence-corrected chi connectivity index (χ4v) is 5.43. The van der Waals surface area contributed by atoms with E-state index in [1.807, 2.05) is 0 Å². The van der Waals surface area contributed by atoms with E-state index in [0.29, 0.717) is 18.3 Å². The van der Waals surface area contributed by atoms with Gasteiger partial charge >= 0.3 is 0 Å². The van der Waals surface area contributed by atoms with Crippen molar-refractivity contribution in [2.75, 3.05) is 12.0 Å². The number of fused-ring (bicyclic) bond motifs is 1. The number of nitrogens with one attached hydrogen (secondary N) is 1. The first-order valence-electron chi connectivity index (χ1n) is 7.57. The van der Waals surface area contributed by atoms with Crippen molar-refractivity contribution in [1.29, 1.82) is 0 Å². The van der Waals surface area contributed by atoms with Crippen LogP contribution >= 0.6 is 0 Å². The molecule has 116 valence electrons. The summed E-state index contributed by atoms with van der Waals surface area (Å²) < 4.78 is 27.6. The van der Waals surface area contributed by atoms with Gasteiger partial charge in [0, 0.05) is 24.8 Å². The van der Waals surface area contributed by atoms with Gasteiger partial charge in [-0.15, -0.1) is 0 Å². The van der Waals surface area contributed by atoms with Crippen LogP contribution in [0.3, 0.4) is 0 Å². The number of hydrogen-bond donors (Lipinski definition) is 2. The minimum absolute atomic E-state index is 0.167. The highest BCUT2D eigenvalue weighted by Gasteiger charge is 2.39. The quantitative estimate of drug-likeness (QED) is 0.655. The van der Waals surface area contributed by atoms with Gasteiger partial charge in [-0.1, -0.05) is 12.8 Å². The molecule has 2 fully saturated rings. The van der Waals surface area contributed by atoms with E-state index in [1.54, 1.807) is 10.4 Å². The summed E-state index contributed by atoms with van der Waals surface area (Å²) in [5.41, 5.74) is 2.40. The van der Waals surface area contributed by atoms with Crippen LogP contribution in [0.5, 0.6) is 0 Å². The first kappa shape index (κ1) is 14.7. The molecule has 1 saturated heterocycles. The van der Waals surface area contributed by atoms with Crippen molar-refractivity contribution < 1.29 is 8.42 Å². The lowest BCUT2D eigenvalue weighted by Crippen LogP contribution is -2.49. The summed E-state index contributed by atoms with van der Waals surface area (Å²) >= 11 is 0. The van der Waals surface area contributed by atoms with Crippen LogP contribution in [0.4, 0.5) is 5.82 Å². The molecule has 0 spiro atoms. The van der Waals surface area contributed by atoms with Crippen molar-refractivity contribution in [3.05, 3.63) is 18.3 Å². The Labute approximate surface area is 125 Å². The SMILES string of the molecule is NNc1cc(S(=O)(=O)N2CCCC3CCCCC32)ccn1. The zero-order valence-corrected chi connectivity index (χ0v) is 12.8. The number of hydrazine groups is 1. The summed E-state index contributed by atoms with van der Waals surface area (Å²) in [5.74, 6) is 6.22. The summed E-state index contributed by atoms with van der Waals surface area (Å²) in [6.45, 7) is 0.622. The van der Waals surface area contributed by atoms with E-state index in [-0.39, 0.29) is 10.9 Å². The molecule has 2 atom stereocenters. The first-order valence-corrected chi connectivity index (χ1v) is 9.01. The smallest absolute Gasteiger partial charge is 0.243 e. The molecule has 0 radical (unpaired) electrons. The van der Waals surface area contributed by atoms with Crippen LogP contribution in [-0.4, -0.2) is 30.3 Å². The maximum Gasteiger partial charge on any atom is 0.243 e. The zero-order valence-electron chi connectivity index (χ0n) is 12.0. The Morgan fingerprint density at radius 1 is 1.24 bits per heavy atom. The number of sulfonamides is 1. The maximum absolute atomic E-state index is 12.9. The fraction of sp³-hybridized carbons (Fsp3) is 0.643. The molecule has 21 heavy (non-hydrogen) atoms. The van der Waals surface area contributed by atoms with Crippen molar-refractivity contribution in [2.45, 2.75) is 49.5 Å². The van der Waals surface area contributed by atoms with E-state index in [4.69, 9.17) is 5.84 Å². The number of hydrogen-bond acceptors (Lipinski definition) is 5. The average molecular weight is 310 g/mol. The molecule has 0 aromatic carbocycles. The highest BCUT2D eigenvalue weighted by atomic mass is 32.2. The van der Waals surface area contributed by atoms with Crippen LogP contribution in [0.1, 0.15) is 38.5 Å². The van der Waals surface area contributed by atoms with Crippen molar-refractivity contribution in [3.8, 4) is 0 Å². The number of nitrogen functional groups attached to an aromatic ring is 1. The van der Waals surface area contributed by atoms with Gasteiger partial charge in [0.15, 0.2) is 0 Å². The Bertz CT molecular complexity index is 603. The molecule has 2 unspecified atom stereocenters. The molecule has 0 amide bonds. The van der Waals surface area contributed by atoms with Gasteiger partial charge in [-0.3, -0.25) is 0 Å². The number of nitrogens with two attached hydrogens (primary N) is 1. The predicted molar refractivity (Wildman–Crippen MR) is 80.9 cm³/mol. The molecule has 7 heteroatoms. The third-order valence-electron chi connectivity index (χ3n) is 4.68. The zero-order chi connectivity index (χ0) is 14.9. The Morgan fingerprint density at radius 2 is 2.00 bits per heavy atom. The number of nitrogens with zero attached hydrogens (tertiary/aromatic N) is 2. The molecule has 1 aliphatic heterocycles. The molecule has 6 nitrogen and oxygen atoms in total. The summed E-state index contributed by atoms with van der Waals surface area (Å²) in [7, 11) is -3.47. The molecule has 2 aliphatic rings. The van der Waals surface area contributed by atoms with E-state index < -0.39 is 10.0 Å². The van der Waals surface area contributed by atoms with E-state index in [1.165, 1.54) is 18.7 Å². The second-order valence-electron chi connectivity index (χ2n) is 5.89. The molecule has 1 aliphatic carbocycles. The summed E-state index contributed by atoms with van der Waals surface area (Å²) in [6, 6.07) is 3.21. The average Bonchev–Trinajstić information content (AvgIpc) is 2.54. The van der Waals surface area contributed by atoms with Gasteiger partial charge in [0.05, 0.1) is 4.90 Å². The van der Waals surface area contributed by atoms with E-state index in [9.17, 15) is 8.42 Å². The molecule has 3 rings (SSSR count). The van der Waals surface area contributed by atoms with Gasteiger partial charge < -0.3 is 5.43 Å². The number of piperidine rings is 1. The van der Waals surface area contributed by atoms with E-state index in [2.05, 4.69) is 10.4 Å². The summed E-state index contributed by atoms with van der Waals surface area (Å²) in [5, 5.41) is 0. The second kappa shape index (κ2) is 5.90.